The average Bonchev–Trinajstić information content (AvgIpc) is 2.20. The number of pyridine rings is 1. The Labute approximate surface area is 90.7 Å². The molecule has 6 heteroatoms. The normalized spacial score (nSPS) is 9.71. The summed E-state index contributed by atoms with van der Waals surface area (Å²) < 4.78 is 9.39. The molecule has 0 amide bonds. The van der Waals surface area contributed by atoms with Gasteiger partial charge in [-0.05, 0) is 0 Å². The molecule has 14 heavy (non-hydrogen) atoms. The monoisotopic (exact) mass is 235 g/mol. The zero-order valence-corrected chi connectivity index (χ0v) is 9.02. The van der Waals surface area contributed by atoms with Crippen molar-refractivity contribution >= 4 is 29.2 Å². The van der Waals surface area contributed by atoms with Gasteiger partial charge in [0.1, 0.15) is 5.15 Å². The van der Waals surface area contributed by atoms with Crippen molar-refractivity contribution < 1.29 is 14.3 Å². The standard InChI is InChI=1S/C8H7Cl2NO3/c1-13-5-3-4(9)7(10)11-6(5)8(12)14-2/h3H,1-2H3. The van der Waals surface area contributed by atoms with Gasteiger partial charge in [0.25, 0.3) is 0 Å². The first-order valence-electron chi connectivity index (χ1n) is 3.58. The Balaban J connectivity index is 3.27. The van der Waals surface area contributed by atoms with E-state index >= 15 is 0 Å². The first-order chi connectivity index (χ1) is 6.60. The predicted octanol–water partition coefficient (Wildman–Crippen LogP) is 2.18. The number of hydrogen-bond donors (Lipinski definition) is 0. The van der Waals surface area contributed by atoms with Crippen molar-refractivity contribution in [3.8, 4) is 5.75 Å². The molecule has 1 aromatic heterocycles. The number of esters is 1. The number of aromatic nitrogens is 1. The van der Waals surface area contributed by atoms with Crippen LogP contribution >= 0.6 is 23.2 Å². The smallest absolute Gasteiger partial charge is 0.360 e. The summed E-state index contributed by atoms with van der Waals surface area (Å²) in [5.41, 5.74) is 0.00407. The van der Waals surface area contributed by atoms with Crippen molar-refractivity contribution in [2.75, 3.05) is 14.2 Å². The van der Waals surface area contributed by atoms with Crippen molar-refractivity contribution in [3.05, 3.63) is 21.9 Å². The largest absolute Gasteiger partial charge is 0.494 e. The van der Waals surface area contributed by atoms with Crippen LogP contribution in [0.2, 0.25) is 10.2 Å². The summed E-state index contributed by atoms with van der Waals surface area (Å²) in [7, 11) is 2.64. The fraction of sp³-hybridized carbons (Fsp3) is 0.250. The van der Waals surface area contributed by atoms with E-state index in [1.165, 1.54) is 20.3 Å². The minimum absolute atomic E-state index is 0.00407. The molecule has 0 aromatic carbocycles. The van der Waals surface area contributed by atoms with Crippen LogP contribution in [0.5, 0.6) is 5.75 Å². The zero-order valence-electron chi connectivity index (χ0n) is 7.51. The summed E-state index contributed by atoms with van der Waals surface area (Å²) in [6, 6.07) is 1.41. The summed E-state index contributed by atoms with van der Waals surface area (Å²) in [6.45, 7) is 0. The van der Waals surface area contributed by atoms with Crippen molar-refractivity contribution in [1.82, 2.24) is 4.98 Å². The Morgan fingerprint density at radius 2 is 2.07 bits per heavy atom. The van der Waals surface area contributed by atoms with E-state index in [1.807, 2.05) is 0 Å². The van der Waals surface area contributed by atoms with Crippen molar-refractivity contribution in [2.24, 2.45) is 0 Å². The number of carbonyl (C=O) groups excluding carboxylic acids is 1. The second-order valence-corrected chi connectivity index (χ2v) is 3.07. The highest BCUT2D eigenvalue weighted by molar-refractivity contribution is 6.41. The summed E-state index contributed by atoms with van der Waals surface area (Å²) in [5, 5.41) is 0.254. The number of halogens is 2. The first kappa shape index (κ1) is 11.1. The lowest BCUT2D eigenvalue weighted by molar-refractivity contribution is 0.0590. The quantitative estimate of drug-likeness (QED) is 0.583. The third-order valence-corrected chi connectivity index (χ3v) is 2.17. The molecule has 0 fully saturated rings. The van der Waals surface area contributed by atoms with E-state index < -0.39 is 5.97 Å². The van der Waals surface area contributed by atoms with Gasteiger partial charge in [0.05, 0.1) is 19.2 Å². The maximum atomic E-state index is 11.2. The van der Waals surface area contributed by atoms with Crippen LogP contribution in [-0.2, 0) is 4.74 Å². The van der Waals surface area contributed by atoms with E-state index in [1.54, 1.807) is 0 Å². The highest BCUT2D eigenvalue weighted by atomic mass is 35.5. The lowest BCUT2D eigenvalue weighted by atomic mass is 10.3. The van der Waals surface area contributed by atoms with Crippen molar-refractivity contribution in [2.45, 2.75) is 0 Å². The van der Waals surface area contributed by atoms with Crippen LogP contribution in [0.4, 0.5) is 0 Å². The van der Waals surface area contributed by atoms with E-state index in [0.29, 0.717) is 0 Å². The summed E-state index contributed by atoms with van der Waals surface area (Å²) in [4.78, 5) is 14.9. The topological polar surface area (TPSA) is 48.4 Å². The number of nitrogens with zero attached hydrogens (tertiary/aromatic N) is 1. The van der Waals surface area contributed by atoms with Crippen LogP contribution in [0.1, 0.15) is 10.5 Å². The Kier molecular flexibility index (Phi) is 3.55. The number of methoxy groups -OCH3 is 2. The fourth-order valence-electron chi connectivity index (χ4n) is 0.848. The Bertz CT molecular complexity index is 368. The molecule has 0 atom stereocenters. The summed E-state index contributed by atoms with van der Waals surface area (Å²) in [6.07, 6.45) is 0. The molecular formula is C8H7Cl2NO3. The lowest BCUT2D eigenvalue weighted by Crippen LogP contribution is -2.07. The Morgan fingerprint density at radius 1 is 1.43 bits per heavy atom. The van der Waals surface area contributed by atoms with Gasteiger partial charge in [-0.15, -0.1) is 0 Å². The van der Waals surface area contributed by atoms with Crippen LogP contribution in [0.3, 0.4) is 0 Å². The van der Waals surface area contributed by atoms with Gasteiger partial charge in [-0.1, -0.05) is 23.2 Å². The van der Waals surface area contributed by atoms with Gasteiger partial charge >= 0.3 is 5.97 Å². The van der Waals surface area contributed by atoms with Crippen molar-refractivity contribution in [1.29, 1.82) is 0 Å². The van der Waals surface area contributed by atoms with Gasteiger partial charge in [0.2, 0.25) is 0 Å². The molecule has 1 aromatic rings. The van der Waals surface area contributed by atoms with Gasteiger partial charge in [-0.2, -0.15) is 0 Å². The van der Waals surface area contributed by atoms with Gasteiger partial charge in [0, 0.05) is 6.07 Å². The van der Waals surface area contributed by atoms with Crippen LogP contribution in [0, 0.1) is 0 Å². The molecule has 0 aliphatic carbocycles. The number of ether oxygens (including phenoxy) is 2. The molecule has 76 valence electrons. The highest BCUT2D eigenvalue weighted by Gasteiger charge is 2.17. The fourth-order valence-corrected chi connectivity index (χ4v) is 1.13. The minimum Gasteiger partial charge on any atom is -0.494 e. The molecule has 0 saturated heterocycles. The maximum absolute atomic E-state index is 11.2. The molecule has 0 bridgehead atoms. The molecule has 0 aliphatic rings. The molecule has 0 spiro atoms. The molecule has 4 nitrogen and oxygen atoms in total. The zero-order chi connectivity index (χ0) is 10.7. The third-order valence-electron chi connectivity index (χ3n) is 1.50. The van der Waals surface area contributed by atoms with Gasteiger partial charge in [-0.3, -0.25) is 0 Å². The van der Waals surface area contributed by atoms with Gasteiger partial charge in [0.15, 0.2) is 11.4 Å². The second-order valence-electron chi connectivity index (χ2n) is 2.30. The van der Waals surface area contributed by atoms with Gasteiger partial charge < -0.3 is 9.47 Å². The average molecular weight is 236 g/mol. The number of hydrogen-bond acceptors (Lipinski definition) is 4. The molecule has 1 heterocycles. The van der Waals surface area contributed by atoms with E-state index in [9.17, 15) is 4.79 Å². The Hall–Kier alpha value is -1.00. The molecule has 0 unspecified atom stereocenters. The molecule has 0 saturated carbocycles. The van der Waals surface area contributed by atoms with E-state index in [-0.39, 0.29) is 21.6 Å². The molecule has 0 aliphatic heterocycles. The van der Waals surface area contributed by atoms with E-state index in [0.717, 1.165) is 0 Å². The SMILES string of the molecule is COC(=O)c1nc(Cl)c(Cl)cc1OC. The van der Waals surface area contributed by atoms with Crippen molar-refractivity contribution in [3.63, 3.8) is 0 Å². The van der Waals surface area contributed by atoms with Gasteiger partial charge in [-0.25, -0.2) is 9.78 Å². The van der Waals surface area contributed by atoms with Crippen LogP contribution in [-0.4, -0.2) is 25.2 Å². The lowest BCUT2D eigenvalue weighted by Gasteiger charge is -2.06. The third kappa shape index (κ3) is 2.08. The van der Waals surface area contributed by atoms with Crippen LogP contribution in [0.15, 0.2) is 6.07 Å². The molecule has 1 rings (SSSR count). The Morgan fingerprint density at radius 3 is 2.57 bits per heavy atom. The van der Waals surface area contributed by atoms with E-state index in [2.05, 4.69) is 9.72 Å². The second kappa shape index (κ2) is 4.48. The number of rotatable bonds is 2. The van der Waals surface area contributed by atoms with Crippen LogP contribution < -0.4 is 4.74 Å². The summed E-state index contributed by atoms with van der Waals surface area (Å²) in [5.74, 6) is -0.397. The van der Waals surface area contributed by atoms with E-state index in [4.69, 9.17) is 27.9 Å². The minimum atomic E-state index is -0.625. The molecule has 0 radical (unpaired) electrons. The van der Waals surface area contributed by atoms with Crippen LogP contribution in [0.25, 0.3) is 0 Å². The first-order valence-corrected chi connectivity index (χ1v) is 4.34. The predicted molar refractivity (Wildman–Crippen MR) is 52.1 cm³/mol. The highest BCUT2D eigenvalue weighted by Crippen LogP contribution is 2.27. The summed E-state index contributed by atoms with van der Waals surface area (Å²) >= 11 is 11.3. The maximum Gasteiger partial charge on any atom is 0.360 e. The molecular weight excluding hydrogens is 229 g/mol. The number of carbonyl (C=O) groups is 1. The molecule has 0 N–H and O–H groups in total.